The number of hydrogen-bond donors (Lipinski definition) is 3. The van der Waals surface area contributed by atoms with Crippen molar-refractivity contribution in [2.24, 2.45) is 5.92 Å². The third kappa shape index (κ3) is 3.80. The molecule has 1 aromatic rings. The Bertz CT molecular complexity index is 420. The van der Waals surface area contributed by atoms with Gasteiger partial charge in [0.25, 0.3) is 0 Å². The van der Waals surface area contributed by atoms with E-state index >= 15 is 0 Å². The van der Waals surface area contributed by atoms with Crippen molar-refractivity contribution in [3.63, 3.8) is 0 Å². The van der Waals surface area contributed by atoms with Crippen LogP contribution in [0.25, 0.3) is 0 Å². The first-order valence-electron chi connectivity index (χ1n) is 7.14. The van der Waals surface area contributed by atoms with Crippen LogP contribution in [0.2, 0.25) is 0 Å². The SMILES string of the molecule is CCNc1cc(NC(C)C(C)CO)nc(C2CC2)n1. The van der Waals surface area contributed by atoms with Crippen LogP contribution < -0.4 is 10.6 Å². The molecular weight excluding hydrogens is 240 g/mol. The smallest absolute Gasteiger partial charge is 0.136 e. The summed E-state index contributed by atoms with van der Waals surface area (Å²) < 4.78 is 0. The number of nitrogens with one attached hydrogen (secondary N) is 2. The lowest BCUT2D eigenvalue weighted by atomic mass is 10.1. The van der Waals surface area contributed by atoms with Gasteiger partial charge in [-0.15, -0.1) is 0 Å². The number of hydrogen-bond acceptors (Lipinski definition) is 5. The fourth-order valence-electron chi connectivity index (χ4n) is 1.87. The van der Waals surface area contributed by atoms with Gasteiger partial charge in [-0.25, -0.2) is 9.97 Å². The molecule has 0 amide bonds. The molecule has 5 nitrogen and oxygen atoms in total. The van der Waals surface area contributed by atoms with Crippen LogP contribution in [0.1, 0.15) is 45.4 Å². The normalized spacial score (nSPS) is 17.9. The third-order valence-electron chi connectivity index (χ3n) is 3.56. The fourth-order valence-corrected chi connectivity index (χ4v) is 1.87. The lowest BCUT2D eigenvalue weighted by molar-refractivity contribution is 0.226. The largest absolute Gasteiger partial charge is 0.396 e. The Morgan fingerprint density at radius 1 is 1.32 bits per heavy atom. The molecule has 0 radical (unpaired) electrons. The molecule has 1 heterocycles. The van der Waals surface area contributed by atoms with Gasteiger partial charge in [0.05, 0.1) is 0 Å². The van der Waals surface area contributed by atoms with E-state index in [2.05, 4.69) is 34.4 Å². The number of aliphatic hydroxyl groups is 1. The zero-order valence-corrected chi connectivity index (χ0v) is 12.0. The van der Waals surface area contributed by atoms with E-state index in [0.29, 0.717) is 5.92 Å². The van der Waals surface area contributed by atoms with Crippen molar-refractivity contribution in [3.8, 4) is 0 Å². The number of rotatable bonds is 7. The molecule has 3 N–H and O–H groups in total. The van der Waals surface area contributed by atoms with Gasteiger partial charge in [0.15, 0.2) is 0 Å². The van der Waals surface area contributed by atoms with Gasteiger partial charge in [0.1, 0.15) is 17.5 Å². The van der Waals surface area contributed by atoms with E-state index in [-0.39, 0.29) is 18.6 Å². The van der Waals surface area contributed by atoms with E-state index in [1.165, 1.54) is 12.8 Å². The van der Waals surface area contributed by atoms with Crippen LogP contribution in [-0.2, 0) is 0 Å². The highest BCUT2D eigenvalue weighted by Crippen LogP contribution is 2.38. The minimum atomic E-state index is 0.175. The van der Waals surface area contributed by atoms with E-state index in [4.69, 9.17) is 0 Å². The van der Waals surface area contributed by atoms with Crippen LogP contribution in [-0.4, -0.2) is 34.3 Å². The third-order valence-corrected chi connectivity index (χ3v) is 3.56. The van der Waals surface area contributed by atoms with Gasteiger partial charge in [0.2, 0.25) is 0 Å². The number of anilines is 2. The first-order valence-corrected chi connectivity index (χ1v) is 7.14. The summed E-state index contributed by atoms with van der Waals surface area (Å²) in [4.78, 5) is 9.14. The molecule has 2 rings (SSSR count). The van der Waals surface area contributed by atoms with Crippen molar-refractivity contribution in [2.75, 3.05) is 23.8 Å². The molecule has 0 saturated heterocycles. The maximum atomic E-state index is 9.19. The van der Waals surface area contributed by atoms with Crippen molar-refractivity contribution in [3.05, 3.63) is 11.9 Å². The molecule has 0 spiro atoms. The predicted molar refractivity (Wildman–Crippen MR) is 77.5 cm³/mol. The highest BCUT2D eigenvalue weighted by Gasteiger charge is 2.27. The first-order chi connectivity index (χ1) is 9.13. The van der Waals surface area contributed by atoms with E-state index in [1.54, 1.807) is 0 Å². The highest BCUT2D eigenvalue weighted by molar-refractivity contribution is 5.48. The molecule has 1 aliphatic carbocycles. The monoisotopic (exact) mass is 264 g/mol. The van der Waals surface area contributed by atoms with Gasteiger partial charge in [-0.2, -0.15) is 0 Å². The topological polar surface area (TPSA) is 70.1 Å². The molecule has 0 aliphatic heterocycles. The number of aliphatic hydroxyl groups excluding tert-OH is 1. The second-order valence-corrected chi connectivity index (χ2v) is 5.39. The fraction of sp³-hybridized carbons (Fsp3) is 0.714. The Kier molecular flexibility index (Phi) is 4.58. The summed E-state index contributed by atoms with van der Waals surface area (Å²) in [5, 5.41) is 15.8. The number of aromatic nitrogens is 2. The Labute approximate surface area is 114 Å². The molecule has 1 fully saturated rings. The van der Waals surface area contributed by atoms with E-state index in [9.17, 15) is 5.11 Å². The molecule has 0 aromatic carbocycles. The maximum Gasteiger partial charge on any atom is 0.136 e. The summed E-state index contributed by atoms with van der Waals surface area (Å²) in [7, 11) is 0. The molecule has 2 unspecified atom stereocenters. The lowest BCUT2D eigenvalue weighted by Gasteiger charge is -2.20. The van der Waals surface area contributed by atoms with Gasteiger partial charge in [-0.3, -0.25) is 0 Å². The Morgan fingerprint density at radius 2 is 2.00 bits per heavy atom. The van der Waals surface area contributed by atoms with Crippen LogP contribution in [0.3, 0.4) is 0 Å². The zero-order valence-electron chi connectivity index (χ0n) is 12.0. The van der Waals surface area contributed by atoms with E-state index in [1.807, 2.05) is 13.0 Å². The second-order valence-electron chi connectivity index (χ2n) is 5.39. The van der Waals surface area contributed by atoms with Gasteiger partial charge < -0.3 is 15.7 Å². The maximum absolute atomic E-state index is 9.19. The standard InChI is InChI=1S/C14H24N4O/c1-4-15-12-7-13(16-10(3)9(2)8-19)18-14(17-12)11-5-6-11/h7,9-11,19H,4-6,8H2,1-3H3,(H2,15,16,17,18). The Hall–Kier alpha value is -1.36. The van der Waals surface area contributed by atoms with Crippen LogP contribution >= 0.6 is 0 Å². The molecule has 0 bridgehead atoms. The molecule has 5 heteroatoms. The second kappa shape index (κ2) is 6.19. The molecule has 1 aromatic heterocycles. The van der Waals surface area contributed by atoms with Crippen molar-refractivity contribution in [1.82, 2.24) is 9.97 Å². The van der Waals surface area contributed by atoms with Crippen molar-refractivity contribution in [1.29, 1.82) is 0 Å². The summed E-state index contributed by atoms with van der Waals surface area (Å²) in [6, 6.07) is 2.12. The van der Waals surface area contributed by atoms with Gasteiger partial charge in [-0.1, -0.05) is 6.92 Å². The molecular formula is C14H24N4O. The summed E-state index contributed by atoms with van der Waals surface area (Å²) in [5.74, 6) is 3.39. The Balaban J connectivity index is 2.13. The van der Waals surface area contributed by atoms with E-state index in [0.717, 1.165) is 24.0 Å². The summed E-state index contributed by atoms with van der Waals surface area (Å²) >= 11 is 0. The van der Waals surface area contributed by atoms with Crippen LogP contribution in [0.15, 0.2) is 6.07 Å². The quantitative estimate of drug-likeness (QED) is 0.704. The Morgan fingerprint density at radius 3 is 2.58 bits per heavy atom. The van der Waals surface area contributed by atoms with Crippen LogP contribution in [0, 0.1) is 5.92 Å². The van der Waals surface area contributed by atoms with Gasteiger partial charge in [-0.05, 0) is 32.6 Å². The predicted octanol–water partition coefficient (Wildman–Crippen LogP) is 2.21. The van der Waals surface area contributed by atoms with Crippen molar-refractivity contribution >= 4 is 11.6 Å². The summed E-state index contributed by atoms with van der Waals surface area (Å²) in [6.45, 7) is 7.17. The minimum Gasteiger partial charge on any atom is -0.396 e. The van der Waals surface area contributed by atoms with Crippen LogP contribution in [0.4, 0.5) is 11.6 Å². The van der Waals surface area contributed by atoms with Gasteiger partial charge in [0, 0.05) is 31.2 Å². The number of nitrogens with zero attached hydrogens (tertiary/aromatic N) is 2. The molecule has 1 saturated carbocycles. The average molecular weight is 264 g/mol. The minimum absolute atomic E-state index is 0.175. The molecule has 2 atom stereocenters. The zero-order chi connectivity index (χ0) is 13.8. The van der Waals surface area contributed by atoms with Crippen LogP contribution in [0.5, 0.6) is 0 Å². The molecule has 19 heavy (non-hydrogen) atoms. The summed E-state index contributed by atoms with van der Waals surface area (Å²) in [5.41, 5.74) is 0. The van der Waals surface area contributed by atoms with Gasteiger partial charge >= 0.3 is 0 Å². The summed E-state index contributed by atoms with van der Waals surface area (Å²) in [6.07, 6.45) is 2.38. The lowest BCUT2D eigenvalue weighted by Crippen LogP contribution is -2.27. The average Bonchev–Trinajstić information content (AvgIpc) is 3.22. The molecule has 1 aliphatic rings. The highest BCUT2D eigenvalue weighted by atomic mass is 16.3. The van der Waals surface area contributed by atoms with Crippen molar-refractivity contribution < 1.29 is 5.11 Å². The van der Waals surface area contributed by atoms with Crippen molar-refractivity contribution in [2.45, 2.75) is 45.6 Å². The molecule has 106 valence electrons. The van der Waals surface area contributed by atoms with E-state index < -0.39 is 0 Å². The first kappa shape index (κ1) is 14.1.